The minimum Gasteiger partial charge on any atom is -0.465 e. The molecule has 1 aliphatic rings. The first kappa shape index (κ1) is 8.20. The summed E-state index contributed by atoms with van der Waals surface area (Å²) in [5.74, 6) is 0.619. The van der Waals surface area contributed by atoms with Crippen molar-refractivity contribution >= 4 is 17.4 Å². The van der Waals surface area contributed by atoms with E-state index in [4.69, 9.17) is 21.1 Å². The van der Waals surface area contributed by atoms with Gasteiger partial charge in [-0.25, -0.2) is 0 Å². The summed E-state index contributed by atoms with van der Waals surface area (Å²) >= 11 is 5.96. The van der Waals surface area contributed by atoms with Gasteiger partial charge in [-0.05, 0) is 12.1 Å². The standard InChI is InChI=1S/C10H7ClO2/c11-9-4-2-1-3-8(9)10-7-12-5-6-13-10/h1-7H. The molecule has 0 aliphatic carbocycles. The van der Waals surface area contributed by atoms with Gasteiger partial charge in [0.15, 0.2) is 5.76 Å². The Labute approximate surface area is 81.0 Å². The molecule has 1 aromatic carbocycles. The second kappa shape index (κ2) is 3.54. The van der Waals surface area contributed by atoms with Crippen LogP contribution in [0.15, 0.2) is 43.1 Å². The van der Waals surface area contributed by atoms with E-state index in [-0.39, 0.29) is 0 Å². The Morgan fingerprint density at radius 3 is 2.62 bits per heavy atom. The van der Waals surface area contributed by atoms with Crippen molar-refractivity contribution in [3.63, 3.8) is 0 Å². The van der Waals surface area contributed by atoms with E-state index < -0.39 is 0 Å². The van der Waals surface area contributed by atoms with E-state index >= 15 is 0 Å². The molecule has 0 N–H and O–H groups in total. The molecule has 1 aliphatic heterocycles. The molecule has 3 heteroatoms. The summed E-state index contributed by atoms with van der Waals surface area (Å²) in [7, 11) is 0. The van der Waals surface area contributed by atoms with Gasteiger partial charge in [-0.2, -0.15) is 0 Å². The first-order chi connectivity index (χ1) is 6.38. The summed E-state index contributed by atoms with van der Waals surface area (Å²) in [5, 5.41) is 0.646. The van der Waals surface area contributed by atoms with Crippen LogP contribution in [0, 0.1) is 0 Å². The molecule has 0 atom stereocenters. The van der Waals surface area contributed by atoms with Gasteiger partial charge in [-0.3, -0.25) is 0 Å². The Kier molecular flexibility index (Phi) is 2.23. The Bertz CT molecular complexity index is 369. The SMILES string of the molecule is Clc1ccccc1C1=COC=CO1. The Morgan fingerprint density at radius 1 is 1.08 bits per heavy atom. The fourth-order valence-corrected chi connectivity index (χ4v) is 1.28. The fourth-order valence-electron chi connectivity index (χ4n) is 1.05. The number of benzene rings is 1. The minimum atomic E-state index is 0.619. The summed E-state index contributed by atoms with van der Waals surface area (Å²) < 4.78 is 10.2. The number of hydrogen-bond donors (Lipinski definition) is 0. The quantitative estimate of drug-likeness (QED) is 0.684. The predicted octanol–water partition coefficient (Wildman–Crippen LogP) is 3.16. The summed E-state index contributed by atoms with van der Waals surface area (Å²) in [6.45, 7) is 0. The topological polar surface area (TPSA) is 18.5 Å². The second-order valence-electron chi connectivity index (χ2n) is 2.49. The van der Waals surface area contributed by atoms with Crippen molar-refractivity contribution in [3.05, 3.63) is 53.6 Å². The number of halogens is 1. The monoisotopic (exact) mass is 194 g/mol. The van der Waals surface area contributed by atoms with E-state index in [0.717, 1.165) is 5.56 Å². The lowest BCUT2D eigenvalue weighted by molar-refractivity contribution is 0.312. The van der Waals surface area contributed by atoms with Crippen LogP contribution < -0.4 is 0 Å². The van der Waals surface area contributed by atoms with Crippen LogP contribution in [-0.2, 0) is 9.47 Å². The molecule has 13 heavy (non-hydrogen) atoms. The van der Waals surface area contributed by atoms with Gasteiger partial charge in [0.2, 0.25) is 0 Å². The molecule has 0 saturated carbocycles. The summed E-state index contributed by atoms with van der Waals surface area (Å²) in [4.78, 5) is 0. The van der Waals surface area contributed by atoms with E-state index in [1.807, 2.05) is 18.2 Å². The molecule has 1 heterocycles. The summed E-state index contributed by atoms with van der Waals surface area (Å²) in [6.07, 6.45) is 4.44. The average molecular weight is 195 g/mol. The molecule has 0 fully saturated rings. The van der Waals surface area contributed by atoms with Crippen LogP contribution in [0.3, 0.4) is 0 Å². The maximum Gasteiger partial charge on any atom is 0.170 e. The lowest BCUT2D eigenvalue weighted by Crippen LogP contribution is -1.92. The van der Waals surface area contributed by atoms with Gasteiger partial charge in [0, 0.05) is 5.56 Å². The van der Waals surface area contributed by atoms with Crippen LogP contribution in [0.2, 0.25) is 5.02 Å². The third-order valence-corrected chi connectivity index (χ3v) is 1.97. The molecule has 1 aromatic rings. The van der Waals surface area contributed by atoms with Gasteiger partial charge in [-0.1, -0.05) is 23.7 Å². The zero-order valence-electron chi connectivity index (χ0n) is 6.74. The van der Waals surface area contributed by atoms with Crippen molar-refractivity contribution in [2.75, 3.05) is 0 Å². The van der Waals surface area contributed by atoms with Crippen LogP contribution >= 0.6 is 11.6 Å². The molecule has 0 amide bonds. The highest BCUT2D eigenvalue weighted by molar-refractivity contribution is 6.32. The van der Waals surface area contributed by atoms with Crippen LogP contribution in [0.25, 0.3) is 5.76 Å². The van der Waals surface area contributed by atoms with E-state index in [1.54, 1.807) is 6.07 Å². The minimum absolute atomic E-state index is 0.619. The lowest BCUT2D eigenvalue weighted by Gasteiger charge is -2.10. The number of hydrogen-bond acceptors (Lipinski definition) is 2. The van der Waals surface area contributed by atoms with E-state index in [9.17, 15) is 0 Å². The van der Waals surface area contributed by atoms with Crippen molar-refractivity contribution in [2.45, 2.75) is 0 Å². The Hall–Kier alpha value is -1.41. The fraction of sp³-hybridized carbons (Fsp3) is 0. The summed E-state index contributed by atoms with van der Waals surface area (Å²) in [5.41, 5.74) is 0.827. The third kappa shape index (κ3) is 1.68. The van der Waals surface area contributed by atoms with Crippen molar-refractivity contribution < 1.29 is 9.47 Å². The van der Waals surface area contributed by atoms with Crippen LogP contribution in [0.5, 0.6) is 0 Å². The van der Waals surface area contributed by atoms with Crippen LogP contribution in [-0.4, -0.2) is 0 Å². The zero-order chi connectivity index (χ0) is 9.10. The first-order valence-corrected chi connectivity index (χ1v) is 4.18. The Balaban J connectivity index is 2.35. The molecular weight excluding hydrogens is 188 g/mol. The molecule has 0 unspecified atom stereocenters. The number of rotatable bonds is 1. The molecule has 0 spiro atoms. The highest BCUT2D eigenvalue weighted by atomic mass is 35.5. The van der Waals surface area contributed by atoms with E-state index in [2.05, 4.69) is 0 Å². The smallest absolute Gasteiger partial charge is 0.170 e. The first-order valence-electron chi connectivity index (χ1n) is 3.80. The van der Waals surface area contributed by atoms with Crippen LogP contribution in [0.1, 0.15) is 5.56 Å². The molecule has 2 nitrogen and oxygen atoms in total. The maximum absolute atomic E-state index is 5.96. The van der Waals surface area contributed by atoms with Gasteiger partial charge < -0.3 is 9.47 Å². The Morgan fingerprint density at radius 2 is 1.92 bits per heavy atom. The predicted molar refractivity (Wildman–Crippen MR) is 50.7 cm³/mol. The molecule has 0 aromatic heterocycles. The van der Waals surface area contributed by atoms with Crippen molar-refractivity contribution in [2.24, 2.45) is 0 Å². The number of ether oxygens (including phenoxy) is 2. The third-order valence-electron chi connectivity index (χ3n) is 1.64. The van der Waals surface area contributed by atoms with Gasteiger partial charge in [-0.15, -0.1) is 0 Å². The molecule has 66 valence electrons. The second-order valence-corrected chi connectivity index (χ2v) is 2.90. The maximum atomic E-state index is 5.96. The molecule has 2 rings (SSSR count). The lowest BCUT2D eigenvalue weighted by atomic mass is 10.2. The largest absolute Gasteiger partial charge is 0.465 e. The molecule has 0 radical (unpaired) electrons. The zero-order valence-corrected chi connectivity index (χ0v) is 7.49. The van der Waals surface area contributed by atoms with Crippen LogP contribution in [0.4, 0.5) is 0 Å². The van der Waals surface area contributed by atoms with Crippen molar-refractivity contribution in [3.8, 4) is 0 Å². The van der Waals surface area contributed by atoms with E-state index in [0.29, 0.717) is 10.8 Å². The van der Waals surface area contributed by atoms with Crippen molar-refractivity contribution in [1.82, 2.24) is 0 Å². The summed E-state index contributed by atoms with van der Waals surface area (Å²) in [6, 6.07) is 7.44. The van der Waals surface area contributed by atoms with Gasteiger partial charge in [0.1, 0.15) is 18.8 Å². The normalized spacial score (nSPS) is 14.4. The van der Waals surface area contributed by atoms with Crippen molar-refractivity contribution in [1.29, 1.82) is 0 Å². The van der Waals surface area contributed by atoms with Gasteiger partial charge >= 0.3 is 0 Å². The molecular formula is C10H7ClO2. The highest BCUT2D eigenvalue weighted by Crippen LogP contribution is 2.25. The van der Waals surface area contributed by atoms with E-state index in [1.165, 1.54) is 18.8 Å². The highest BCUT2D eigenvalue weighted by Gasteiger charge is 2.08. The average Bonchev–Trinajstić information content (AvgIpc) is 2.20. The molecule has 0 bridgehead atoms. The van der Waals surface area contributed by atoms with Gasteiger partial charge in [0.05, 0.1) is 5.02 Å². The molecule has 0 saturated heterocycles. The van der Waals surface area contributed by atoms with Gasteiger partial charge in [0.25, 0.3) is 0 Å².